The third-order valence-electron chi connectivity index (χ3n) is 3.80. The second kappa shape index (κ2) is 9.56. The Labute approximate surface area is 158 Å². The second-order valence-electron chi connectivity index (χ2n) is 6.19. The monoisotopic (exact) mass is 371 g/mol. The number of carbonyl (C=O) groups excluding carboxylic acids is 1. The van der Waals surface area contributed by atoms with Gasteiger partial charge in [0, 0.05) is 12.2 Å². The fraction of sp³-hybridized carbons (Fsp3) is 0.350. The van der Waals surface area contributed by atoms with Crippen molar-refractivity contribution in [2.24, 2.45) is 5.10 Å². The third-order valence-corrected chi connectivity index (χ3v) is 3.80. The molecule has 0 spiro atoms. The molecule has 0 aliphatic rings. The predicted octanol–water partition coefficient (Wildman–Crippen LogP) is 2.99. The molecule has 0 aliphatic carbocycles. The Balaban J connectivity index is 2.10. The van der Waals surface area contributed by atoms with E-state index in [1.54, 1.807) is 37.6 Å². The summed E-state index contributed by atoms with van der Waals surface area (Å²) in [5, 5.41) is 3.93. The summed E-state index contributed by atoms with van der Waals surface area (Å²) in [4.78, 5) is 24.6. The first-order valence-electron chi connectivity index (χ1n) is 8.83. The summed E-state index contributed by atoms with van der Waals surface area (Å²) in [5.41, 5.74) is 2.81. The van der Waals surface area contributed by atoms with Gasteiger partial charge in [-0.15, -0.1) is 0 Å². The van der Waals surface area contributed by atoms with Gasteiger partial charge in [0.05, 0.1) is 19.9 Å². The molecule has 0 atom stereocenters. The number of nitrogens with one attached hydrogen (secondary N) is 1. The van der Waals surface area contributed by atoms with Crippen molar-refractivity contribution in [2.75, 3.05) is 13.7 Å². The van der Waals surface area contributed by atoms with Gasteiger partial charge < -0.3 is 14.0 Å². The summed E-state index contributed by atoms with van der Waals surface area (Å²) < 4.78 is 12.4. The van der Waals surface area contributed by atoms with Gasteiger partial charge >= 0.3 is 0 Å². The van der Waals surface area contributed by atoms with E-state index in [-0.39, 0.29) is 17.2 Å². The van der Waals surface area contributed by atoms with Crippen molar-refractivity contribution in [3.8, 4) is 11.5 Å². The molecule has 144 valence electrons. The topological polar surface area (TPSA) is 81.9 Å². The van der Waals surface area contributed by atoms with Crippen LogP contribution in [-0.4, -0.2) is 30.4 Å². The summed E-state index contributed by atoms with van der Waals surface area (Å²) in [7, 11) is 1.56. The molecule has 2 aromatic rings. The van der Waals surface area contributed by atoms with Crippen LogP contribution in [-0.2, 0) is 0 Å². The fourth-order valence-electron chi connectivity index (χ4n) is 2.41. The first-order chi connectivity index (χ1) is 13.0. The Hall–Kier alpha value is -3.09. The summed E-state index contributed by atoms with van der Waals surface area (Å²) >= 11 is 0. The lowest BCUT2D eigenvalue weighted by Crippen LogP contribution is -2.31. The van der Waals surface area contributed by atoms with Gasteiger partial charge in [0.1, 0.15) is 5.56 Å². The number of amides is 1. The Morgan fingerprint density at radius 1 is 1.30 bits per heavy atom. The smallest absolute Gasteiger partial charge is 0.276 e. The number of carbonyl (C=O) groups is 1. The number of pyridine rings is 1. The molecular weight excluding hydrogens is 346 g/mol. The average molecular weight is 371 g/mol. The van der Waals surface area contributed by atoms with E-state index in [4.69, 9.17) is 9.47 Å². The molecule has 0 radical (unpaired) electrons. The third kappa shape index (κ3) is 5.20. The molecule has 0 saturated carbocycles. The molecular formula is C20H25N3O4. The number of hydrazone groups is 1. The van der Waals surface area contributed by atoms with Crippen LogP contribution in [0.15, 0.2) is 46.4 Å². The number of hydrogen-bond acceptors (Lipinski definition) is 5. The molecule has 0 fully saturated rings. The molecule has 1 aromatic carbocycles. The zero-order chi connectivity index (χ0) is 19.8. The molecule has 2 rings (SSSR count). The highest BCUT2D eigenvalue weighted by Gasteiger charge is 2.12. The van der Waals surface area contributed by atoms with Crippen LogP contribution in [0.4, 0.5) is 0 Å². The minimum atomic E-state index is -0.555. The zero-order valence-corrected chi connectivity index (χ0v) is 16.1. The van der Waals surface area contributed by atoms with Gasteiger partial charge in [0.2, 0.25) is 0 Å². The first-order valence-corrected chi connectivity index (χ1v) is 8.83. The van der Waals surface area contributed by atoms with Crippen molar-refractivity contribution < 1.29 is 14.3 Å². The number of methoxy groups -OCH3 is 1. The van der Waals surface area contributed by atoms with Crippen LogP contribution in [0.2, 0.25) is 0 Å². The maximum absolute atomic E-state index is 12.3. The Bertz CT molecular complexity index is 872. The lowest BCUT2D eigenvalue weighted by Gasteiger charge is -2.10. The quantitative estimate of drug-likeness (QED) is 0.571. The molecule has 1 N–H and O–H groups in total. The van der Waals surface area contributed by atoms with Gasteiger partial charge in [-0.05, 0) is 56.2 Å². The molecule has 27 heavy (non-hydrogen) atoms. The van der Waals surface area contributed by atoms with Crippen LogP contribution >= 0.6 is 0 Å². The van der Waals surface area contributed by atoms with Gasteiger partial charge in [-0.1, -0.05) is 6.92 Å². The summed E-state index contributed by atoms with van der Waals surface area (Å²) in [6.45, 7) is 6.38. The minimum absolute atomic E-state index is 0.0327. The van der Waals surface area contributed by atoms with E-state index in [1.165, 1.54) is 16.8 Å². The van der Waals surface area contributed by atoms with E-state index < -0.39 is 5.91 Å². The van der Waals surface area contributed by atoms with Gasteiger partial charge in [-0.2, -0.15) is 5.10 Å². The summed E-state index contributed by atoms with van der Waals surface area (Å²) in [5.74, 6) is 0.682. The van der Waals surface area contributed by atoms with Crippen molar-refractivity contribution in [3.63, 3.8) is 0 Å². The van der Waals surface area contributed by atoms with Crippen molar-refractivity contribution >= 4 is 12.1 Å². The molecule has 0 saturated heterocycles. The van der Waals surface area contributed by atoms with Crippen molar-refractivity contribution in [1.82, 2.24) is 9.99 Å². The zero-order valence-electron chi connectivity index (χ0n) is 16.1. The average Bonchev–Trinajstić information content (AvgIpc) is 2.66. The lowest BCUT2D eigenvalue weighted by atomic mass is 10.2. The number of hydrogen-bond donors (Lipinski definition) is 1. The number of aromatic nitrogens is 1. The van der Waals surface area contributed by atoms with E-state index in [0.717, 1.165) is 12.0 Å². The van der Waals surface area contributed by atoms with E-state index in [9.17, 15) is 9.59 Å². The van der Waals surface area contributed by atoms with Crippen molar-refractivity contribution in [1.29, 1.82) is 0 Å². The van der Waals surface area contributed by atoms with Crippen LogP contribution < -0.4 is 20.5 Å². The Kier molecular flexibility index (Phi) is 7.16. The normalized spacial score (nSPS) is 11.0. The number of rotatable bonds is 8. The molecule has 0 aliphatic heterocycles. The highest BCUT2D eigenvalue weighted by molar-refractivity contribution is 5.94. The van der Waals surface area contributed by atoms with E-state index >= 15 is 0 Å². The highest BCUT2D eigenvalue weighted by Crippen LogP contribution is 2.27. The lowest BCUT2D eigenvalue weighted by molar-refractivity contribution is 0.0953. The fourth-order valence-corrected chi connectivity index (χ4v) is 2.41. The van der Waals surface area contributed by atoms with Crippen LogP contribution in [0.25, 0.3) is 0 Å². The van der Waals surface area contributed by atoms with Crippen LogP contribution in [0.3, 0.4) is 0 Å². The number of nitrogens with zero attached hydrogens (tertiary/aromatic N) is 2. The van der Waals surface area contributed by atoms with Crippen molar-refractivity contribution in [2.45, 2.75) is 33.2 Å². The standard InChI is InChI=1S/C20H25N3O4/c1-5-11-27-17-9-8-15(12-18(17)26-4)13-21-22-19(24)16-7-6-10-23(14(2)3)20(16)25/h6-10,12-14H,5,11H2,1-4H3,(H,22,24)/b21-13-. The van der Waals surface area contributed by atoms with E-state index in [0.29, 0.717) is 18.1 Å². The maximum Gasteiger partial charge on any atom is 0.276 e. The van der Waals surface area contributed by atoms with Crippen LogP contribution in [0.1, 0.15) is 49.2 Å². The molecule has 7 heteroatoms. The van der Waals surface area contributed by atoms with Gasteiger partial charge in [0.15, 0.2) is 11.5 Å². The SMILES string of the molecule is CCCOc1ccc(/C=N\NC(=O)c2cccn(C(C)C)c2=O)cc1OC. The van der Waals surface area contributed by atoms with Crippen LogP contribution in [0.5, 0.6) is 11.5 Å². The van der Waals surface area contributed by atoms with Gasteiger partial charge in [0.25, 0.3) is 11.5 Å². The molecule has 0 bridgehead atoms. The molecule has 0 unspecified atom stereocenters. The Morgan fingerprint density at radius 3 is 2.74 bits per heavy atom. The predicted molar refractivity (Wildman–Crippen MR) is 105 cm³/mol. The molecule has 1 aromatic heterocycles. The van der Waals surface area contributed by atoms with E-state index in [1.807, 2.05) is 20.8 Å². The second-order valence-corrected chi connectivity index (χ2v) is 6.19. The maximum atomic E-state index is 12.3. The molecule has 7 nitrogen and oxygen atoms in total. The first kappa shape index (κ1) is 20.2. The molecule has 1 amide bonds. The number of ether oxygens (including phenoxy) is 2. The summed E-state index contributed by atoms with van der Waals surface area (Å²) in [6.07, 6.45) is 4.03. The van der Waals surface area contributed by atoms with E-state index in [2.05, 4.69) is 10.5 Å². The van der Waals surface area contributed by atoms with Gasteiger partial charge in [-0.3, -0.25) is 9.59 Å². The van der Waals surface area contributed by atoms with Crippen LogP contribution in [0, 0.1) is 0 Å². The minimum Gasteiger partial charge on any atom is -0.493 e. The van der Waals surface area contributed by atoms with Crippen molar-refractivity contribution in [3.05, 3.63) is 58.0 Å². The number of benzene rings is 1. The Morgan fingerprint density at radius 2 is 2.07 bits per heavy atom. The molecule has 1 heterocycles. The largest absolute Gasteiger partial charge is 0.493 e. The highest BCUT2D eigenvalue weighted by atomic mass is 16.5. The van der Waals surface area contributed by atoms with Gasteiger partial charge in [-0.25, -0.2) is 5.43 Å². The summed E-state index contributed by atoms with van der Waals surface area (Å²) in [6, 6.07) is 8.46.